The third-order valence-corrected chi connectivity index (χ3v) is 7.34. The Bertz CT molecular complexity index is 1130. The lowest BCUT2D eigenvalue weighted by molar-refractivity contribution is 0.409. The van der Waals surface area contributed by atoms with Gasteiger partial charge in [-0.15, -0.1) is 0 Å². The molecule has 0 saturated carbocycles. The maximum Gasteiger partial charge on any atom is 0.122 e. The zero-order valence-corrected chi connectivity index (χ0v) is 23.7. The van der Waals surface area contributed by atoms with Crippen molar-refractivity contribution in [3.05, 3.63) is 69.8 Å². The van der Waals surface area contributed by atoms with Gasteiger partial charge in [-0.3, -0.25) is 0 Å². The molecule has 0 unspecified atom stereocenters. The maximum atomic E-state index is 6.04. The first kappa shape index (κ1) is 29.7. The van der Waals surface area contributed by atoms with Crippen molar-refractivity contribution in [1.29, 1.82) is 0 Å². The van der Waals surface area contributed by atoms with Crippen LogP contribution in [0, 0.1) is 0 Å². The molecular weight excluding hydrogens is 472 g/mol. The second-order valence-corrected chi connectivity index (χ2v) is 9.67. The molecule has 3 aromatic rings. The quantitative estimate of drug-likeness (QED) is 0.254. The van der Waals surface area contributed by atoms with Crippen LogP contribution in [0.1, 0.15) is 47.2 Å². The van der Waals surface area contributed by atoms with Crippen LogP contribution in [-0.2, 0) is 38.5 Å². The van der Waals surface area contributed by atoms with Crippen molar-refractivity contribution in [2.45, 2.75) is 52.4 Å². The zero-order chi connectivity index (χ0) is 27.7. The van der Waals surface area contributed by atoms with E-state index in [4.69, 9.17) is 32.4 Å². The van der Waals surface area contributed by atoms with Gasteiger partial charge >= 0.3 is 0 Å². The Morgan fingerprint density at radius 1 is 0.447 bits per heavy atom. The molecule has 38 heavy (non-hydrogen) atoms. The van der Waals surface area contributed by atoms with Crippen LogP contribution in [0.25, 0.3) is 22.3 Å². The summed E-state index contributed by atoms with van der Waals surface area (Å²) in [6.45, 7) is 6.72. The van der Waals surface area contributed by atoms with E-state index in [-0.39, 0.29) is 0 Å². The lowest BCUT2D eigenvalue weighted by Gasteiger charge is -2.22. The van der Waals surface area contributed by atoms with Crippen molar-refractivity contribution in [3.8, 4) is 33.8 Å². The third-order valence-electron chi connectivity index (χ3n) is 7.34. The van der Waals surface area contributed by atoms with Gasteiger partial charge in [-0.25, -0.2) is 0 Å². The average Bonchev–Trinajstić information content (AvgIpc) is 2.94. The van der Waals surface area contributed by atoms with Crippen LogP contribution in [0.15, 0.2) is 36.4 Å². The molecule has 0 heterocycles. The highest BCUT2D eigenvalue weighted by Crippen LogP contribution is 2.40. The van der Waals surface area contributed by atoms with Gasteiger partial charge in [0.05, 0.1) is 14.2 Å². The highest BCUT2D eigenvalue weighted by molar-refractivity contribution is 5.81. The molecule has 0 spiro atoms. The van der Waals surface area contributed by atoms with Crippen LogP contribution in [0.4, 0.5) is 0 Å². The Hall–Kier alpha value is -2.90. The van der Waals surface area contributed by atoms with Gasteiger partial charge in [0.25, 0.3) is 0 Å². The normalized spacial score (nSPS) is 11.2. The zero-order valence-electron chi connectivity index (χ0n) is 23.7. The first-order valence-electron chi connectivity index (χ1n) is 13.9. The van der Waals surface area contributed by atoms with Crippen LogP contribution in [0.2, 0.25) is 0 Å². The average molecular weight is 519 g/mol. The molecule has 0 aromatic heterocycles. The van der Waals surface area contributed by atoms with Crippen molar-refractivity contribution in [2.24, 2.45) is 22.9 Å². The maximum absolute atomic E-state index is 6.04. The number of hydrogen-bond acceptors (Lipinski definition) is 6. The Morgan fingerprint density at radius 2 is 0.737 bits per heavy atom. The second-order valence-electron chi connectivity index (χ2n) is 9.67. The molecule has 0 atom stereocenters. The van der Waals surface area contributed by atoms with Gasteiger partial charge in [-0.2, -0.15) is 0 Å². The molecule has 8 N–H and O–H groups in total. The van der Waals surface area contributed by atoms with E-state index in [1.807, 2.05) is 0 Å². The van der Waals surface area contributed by atoms with Crippen LogP contribution in [0.3, 0.4) is 0 Å². The summed E-state index contributed by atoms with van der Waals surface area (Å²) in [4.78, 5) is 0. The summed E-state index contributed by atoms with van der Waals surface area (Å²) >= 11 is 0. The molecule has 0 radical (unpaired) electrons. The topological polar surface area (TPSA) is 123 Å². The number of ether oxygens (including phenoxy) is 2. The SMILES string of the molecule is CCc1cc(-c2cc(CCN)c(OC)cc2CCN)c(CC)cc1-c1cc(CCN)c(OC)cc1CCN. The molecule has 0 bridgehead atoms. The van der Waals surface area contributed by atoms with Crippen LogP contribution in [-0.4, -0.2) is 40.4 Å². The highest BCUT2D eigenvalue weighted by atomic mass is 16.5. The summed E-state index contributed by atoms with van der Waals surface area (Å²) < 4.78 is 11.4. The number of hydrogen-bond donors (Lipinski definition) is 4. The fourth-order valence-electron chi connectivity index (χ4n) is 5.42. The molecule has 0 aliphatic heterocycles. The van der Waals surface area contributed by atoms with Gasteiger partial charge in [-0.05, 0) is 145 Å². The van der Waals surface area contributed by atoms with Crippen molar-refractivity contribution in [1.82, 2.24) is 0 Å². The van der Waals surface area contributed by atoms with Crippen molar-refractivity contribution >= 4 is 0 Å². The van der Waals surface area contributed by atoms with Gasteiger partial charge in [-0.1, -0.05) is 26.0 Å². The number of rotatable bonds is 14. The minimum Gasteiger partial charge on any atom is -0.496 e. The summed E-state index contributed by atoms with van der Waals surface area (Å²) in [7, 11) is 3.44. The highest BCUT2D eigenvalue weighted by Gasteiger charge is 2.19. The van der Waals surface area contributed by atoms with Gasteiger partial charge in [0.2, 0.25) is 0 Å². The van der Waals surface area contributed by atoms with Crippen LogP contribution >= 0.6 is 0 Å². The number of nitrogens with two attached hydrogens (primary N) is 4. The van der Waals surface area contributed by atoms with E-state index in [0.29, 0.717) is 26.2 Å². The first-order chi connectivity index (χ1) is 18.5. The largest absolute Gasteiger partial charge is 0.496 e. The van der Waals surface area contributed by atoms with Gasteiger partial charge in [0.15, 0.2) is 0 Å². The molecule has 6 nitrogen and oxygen atoms in total. The fourth-order valence-corrected chi connectivity index (χ4v) is 5.42. The minimum atomic E-state index is 0.568. The molecule has 0 aliphatic carbocycles. The summed E-state index contributed by atoms with van der Waals surface area (Å²) in [5.41, 5.74) is 36.2. The third kappa shape index (κ3) is 6.38. The Labute approximate surface area is 228 Å². The van der Waals surface area contributed by atoms with Crippen molar-refractivity contribution < 1.29 is 9.47 Å². The molecule has 0 fully saturated rings. The molecule has 3 rings (SSSR count). The summed E-state index contributed by atoms with van der Waals surface area (Å²) in [5.74, 6) is 1.76. The Balaban J connectivity index is 2.31. The van der Waals surface area contributed by atoms with E-state index in [1.54, 1.807) is 14.2 Å². The summed E-state index contributed by atoms with van der Waals surface area (Å²) in [6, 6.07) is 13.6. The predicted molar refractivity (Wildman–Crippen MR) is 160 cm³/mol. The van der Waals surface area contributed by atoms with E-state index >= 15 is 0 Å². The molecular formula is C32H46N4O2. The number of aryl methyl sites for hydroxylation is 2. The summed E-state index contributed by atoms with van der Waals surface area (Å²) in [5, 5.41) is 0. The van der Waals surface area contributed by atoms with Gasteiger partial charge in [0.1, 0.15) is 11.5 Å². The molecule has 206 valence electrons. The smallest absolute Gasteiger partial charge is 0.122 e. The monoisotopic (exact) mass is 518 g/mol. The molecule has 0 amide bonds. The van der Waals surface area contributed by atoms with Crippen molar-refractivity contribution in [3.63, 3.8) is 0 Å². The van der Waals surface area contributed by atoms with E-state index in [9.17, 15) is 0 Å². The molecule has 6 heteroatoms. The van der Waals surface area contributed by atoms with Gasteiger partial charge in [0, 0.05) is 0 Å². The lowest BCUT2D eigenvalue weighted by atomic mass is 9.84. The Kier molecular flexibility index (Phi) is 11.2. The van der Waals surface area contributed by atoms with E-state index in [0.717, 1.165) is 61.2 Å². The van der Waals surface area contributed by atoms with E-state index < -0.39 is 0 Å². The van der Waals surface area contributed by atoms with E-state index in [2.05, 4.69) is 50.2 Å². The van der Waals surface area contributed by atoms with E-state index in [1.165, 1.54) is 44.5 Å². The lowest BCUT2D eigenvalue weighted by Crippen LogP contribution is -2.10. The summed E-state index contributed by atoms with van der Waals surface area (Å²) in [6.07, 6.45) is 4.90. The number of methoxy groups -OCH3 is 2. The minimum absolute atomic E-state index is 0.568. The van der Waals surface area contributed by atoms with Crippen molar-refractivity contribution in [2.75, 3.05) is 40.4 Å². The fraction of sp³-hybridized carbons (Fsp3) is 0.438. The molecule has 3 aromatic carbocycles. The first-order valence-corrected chi connectivity index (χ1v) is 13.9. The predicted octanol–water partition coefficient (Wildman–Crippen LogP) is 4.17. The number of benzene rings is 3. The molecule has 0 aliphatic rings. The molecule has 0 saturated heterocycles. The Morgan fingerprint density at radius 3 is 1.03 bits per heavy atom. The second kappa shape index (κ2) is 14.3. The van der Waals surface area contributed by atoms with Crippen LogP contribution < -0.4 is 32.4 Å². The van der Waals surface area contributed by atoms with Crippen LogP contribution in [0.5, 0.6) is 11.5 Å². The standard InChI is InChI=1S/C32H46N4O2/c1-5-21-15-28(30-18-26(10-14-36)32(38-4)20-24(30)8-12-34)22(6-2)16-27(21)29-17-25(9-13-35)31(37-3)19-23(29)7-11-33/h15-20H,5-14,33-36H2,1-4H3. The van der Waals surface area contributed by atoms with Gasteiger partial charge < -0.3 is 32.4 Å².